The van der Waals surface area contributed by atoms with Crippen LogP contribution in [0.2, 0.25) is 0 Å². The molecule has 1 aromatic carbocycles. The molecule has 0 unspecified atom stereocenters. The standard InChI is InChI=1S/C20H23F3N4O3S/c1-2-13-31(29,30)25-15-7-8-18(24-14-15)26-9-11-27(12-10-26)19(28)16-5-3-4-6-17(16)20(21,22)23/h3-8,14,25H,2,9-13H2,1H3. The van der Waals surface area contributed by atoms with E-state index in [1.807, 2.05) is 4.90 Å². The van der Waals surface area contributed by atoms with Crippen LogP contribution in [0.5, 0.6) is 0 Å². The maximum absolute atomic E-state index is 13.2. The molecule has 0 bridgehead atoms. The molecule has 1 saturated heterocycles. The zero-order valence-corrected chi connectivity index (χ0v) is 17.7. The van der Waals surface area contributed by atoms with Gasteiger partial charge in [-0.25, -0.2) is 13.4 Å². The first-order chi connectivity index (χ1) is 14.6. The van der Waals surface area contributed by atoms with Gasteiger partial charge in [0.2, 0.25) is 10.0 Å². The summed E-state index contributed by atoms with van der Waals surface area (Å²) >= 11 is 0. The number of carbonyl (C=O) groups is 1. The van der Waals surface area contributed by atoms with Gasteiger partial charge in [0, 0.05) is 26.2 Å². The number of benzene rings is 1. The first-order valence-corrected chi connectivity index (χ1v) is 11.4. The molecule has 1 aromatic heterocycles. The van der Waals surface area contributed by atoms with Gasteiger partial charge in [0.1, 0.15) is 5.82 Å². The van der Waals surface area contributed by atoms with Crippen LogP contribution in [0.3, 0.4) is 0 Å². The van der Waals surface area contributed by atoms with Gasteiger partial charge in [-0.2, -0.15) is 13.2 Å². The van der Waals surface area contributed by atoms with Crippen LogP contribution in [0.15, 0.2) is 42.6 Å². The van der Waals surface area contributed by atoms with Crippen LogP contribution in [0.4, 0.5) is 24.7 Å². The Labute approximate surface area is 178 Å². The highest BCUT2D eigenvalue weighted by atomic mass is 32.2. The molecule has 7 nitrogen and oxygen atoms in total. The van der Waals surface area contributed by atoms with Crippen LogP contribution in [0, 0.1) is 0 Å². The molecule has 1 fully saturated rings. The minimum Gasteiger partial charge on any atom is -0.353 e. The lowest BCUT2D eigenvalue weighted by Gasteiger charge is -2.35. The Hall–Kier alpha value is -2.82. The van der Waals surface area contributed by atoms with Crippen LogP contribution in [-0.2, 0) is 16.2 Å². The lowest BCUT2D eigenvalue weighted by Crippen LogP contribution is -2.49. The van der Waals surface area contributed by atoms with Gasteiger partial charge in [-0.15, -0.1) is 0 Å². The Morgan fingerprint density at radius 1 is 1.10 bits per heavy atom. The normalized spacial score (nSPS) is 15.1. The molecule has 1 amide bonds. The summed E-state index contributed by atoms with van der Waals surface area (Å²) in [6.45, 7) is 3.06. The first-order valence-electron chi connectivity index (χ1n) is 9.77. The quantitative estimate of drug-likeness (QED) is 0.722. The molecule has 0 atom stereocenters. The average Bonchev–Trinajstić information content (AvgIpc) is 2.73. The van der Waals surface area contributed by atoms with Crippen molar-refractivity contribution in [3.05, 3.63) is 53.7 Å². The molecule has 11 heteroatoms. The van der Waals surface area contributed by atoms with Gasteiger partial charge in [0.25, 0.3) is 5.91 Å². The van der Waals surface area contributed by atoms with Gasteiger partial charge >= 0.3 is 6.18 Å². The number of piperazine rings is 1. The SMILES string of the molecule is CCCS(=O)(=O)Nc1ccc(N2CCN(C(=O)c3ccccc3C(F)(F)F)CC2)nc1. The van der Waals surface area contributed by atoms with E-state index >= 15 is 0 Å². The van der Waals surface area contributed by atoms with E-state index in [0.717, 1.165) is 6.07 Å². The van der Waals surface area contributed by atoms with Gasteiger partial charge < -0.3 is 9.80 Å². The number of alkyl halides is 3. The topological polar surface area (TPSA) is 82.6 Å². The minimum absolute atomic E-state index is 0.0161. The lowest BCUT2D eigenvalue weighted by molar-refractivity contribution is -0.138. The highest BCUT2D eigenvalue weighted by Crippen LogP contribution is 2.32. The Bertz CT molecular complexity index is 1020. The number of nitrogens with one attached hydrogen (secondary N) is 1. The van der Waals surface area contributed by atoms with Crippen LogP contribution in [-0.4, -0.2) is 56.1 Å². The van der Waals surface area contributed by atoms with Crippen molar-refractivity contribution in [2.24, 2.45) is 0 Å². The van der Waals surface area contributed by atoms with Crippen LogP contribution >= 0.6 is 0 Å². The minimum atomic E-state index is -4.60. The van der Waals surface area contributed by atoms with Crippen LogP contribution in [0.1, 0.15) is 29.3 Å². The summed E-state index contributed by atoms with van der Waals surface area (Å²) in [7, 11) is -3.41. The molecule has 0 spiro atoms. The van der Waals surface area contributed by atoms with Crippen molar-refractivity contribution in [1.29, 1.82) is 0 Å². The van der Waals surface area contributed by atoms with E-state index in [-0.39, 0.29) is 24.4 Å². The number of nitrogens with zero attached hydrogens (tertiary/aromatic N) is 3. The fourth-order valence-electron chi connectivity index (χ4n) is 3.36. The number of hydrogen-bond acceptors (Lipinski definition) is 5. The second-order valence-electron chi connectivity index (χ2n) is 7.15. The Kier molecular flexibility index (Phi) is 6.73. The molecule has 1 aliphatic rings. The number of sulfonamides is 1. The van der Waals surface area contributed by atoms with Crippen molar-refractivity contribution in [2.75, 3.05) is 41.6 Å². The van der Waals surface area contributed by atoms with E-state index in [2.05, 4.69) is 9.71 Å². The average molecular weight is 456 g/mol. The van der Waals surface area contributed by atoms with Crippen molar-refractivity contribution in [3.63, 3.8) is 0 Å². The van der Waals surface area contributed by atoms with Gasteiger partial charge in [0.05, 0.1) is 28.8 Å². The van der Waals surface area contributed by atoms with Crippen LogP contribution in [0.25, 0.3) is 0 Å². The van der Waals surface area contributed by atoms with E-state index in [0.29, 0.717) is 31.0 Å². The van der Waals surface area contributed by atoms with Crippen molar-refractivity contribution in [2.45, 2.75) is 19.5 Å². The molecular weight excluding hydrogens is 433 g/mol. The molecule has 2 aromatic rings. The van der Waals surface area contributed by atoms with Gasteiger partial charge in [0.15, 0.2) is 0 Å². The van der Waals surface area contributed by atoms with Crippen molar-refractivity contribution in [1.82, 2.24) is 9.88 Å². The number of carbonyl (C=O) groups excluding carboxylic acids is 1. The third-order valence-electron chi connectivity index (χ3n) is 4.85. The molecule has 168 valence electrons. The zero-order chi connectivity index (χ0) is 22.6. The Balaban J connectivity index is 1.63. The summed E-state index contributed by atoms with van der Waals surface area (Å²) in [4.78, 5) is 20.2. The molecule has 1 N–H and O–H groups in total. The van der Waals surface area contributed by atoms with Crippen LogP contribution < -0.4 is 9.62 Å². The fourth-order valence-corrected chi connectivity index (χ4v) is 4.48. The Morgan fingerprint density at radius 2 is 1.77 bits per heavy atom. The highest BCUT2D eigenvalue weighted by Gasteiger charge is 2.36. The molecule has 2 heterocycles. The number of rotatable bonds is 6. The third-order valence-corrected chi connectivity index (χ3v) is 6.34. The summed E-state index contributed by atoms with van der Waals surface area (Å²) in [6.07, 6.45) is -2.69. The molecule has 0 aliphatic carbocycles. The summed E-state index contributed by atoms with van der Waals surface area (Å²) in [5.74, 6) is -0.0372. The number of anilines is 2. The summed E-state index contributed by atoms with van der Waals surface area (Å²) < 4.78 is 65.7. The molecule has 3 rings (SSSR count). The van der Waals surface area contributed by atoms with E-state index in [1.54, 1.807) is 19.1 Å². The number of aromatic nitrogens is 1. The predicted molar refractivity (Wildman–Crippen MR) is 111 cm³/mol. The fraction of sp³-hybridized carbons (Fsp3) is 0.400. The van der Waals surface area contributed by atoms with E-state index in [9.17, 15) is 26.4 Å². The number of amides is 1. The van der Waals surface area contributed by atoms with Gasteiger partial charge in [-0.3, -0.25) is 9.52 Å². The van der Waals surface area contributed by atoms with E-state index in [4.69, 9.17) is 0 Å². The predicted octanol–water partition coefficient (Wildman–Crippen LogP) is 3.21. The van der Waals surface area contributed by atoms with Crippen molar-refractivity contribution >= 4 is 27.4 Å². The van der Waals surface area contributed by atoms with Crippen molar-refractivity contribution < 1.29 is 26.4 Å². The van der Waals surface area contributed by atoms with Crippen molar-refractivity contribution in [3.8, 4) is 0 Å². The molecule has 0 radical (unpaired) electrons. The highest BCUT2D eigenvalue weighted by molar-refractivity contribution is 7.92. The largest absolute Gasteiger partial charge is 0.417 e. The molecule has 0 saturated carbocycles. The molecule has 31 heavy (non-hydrogen) atoms. The number of hydrogen-bond donors (Lipinski definition) is 1. The second kappa shape index (κ2) is 9.13. The van der Waals surface area contributed by atoms with Gasteiger partial charge in [-0.05, 0) is 30.7 Å². The molecular formula is C20H23F3N4O3S. The molecule has 1 aliphatic heterocycles. The second-order valence-corrected chi connectivity index (χ2v) is 8.99. The Morgan fingerprint density at radius 3 is 2.35 bits per heavy atom. The number of pyridine rings is 1. The summed E-state index contributed by atoms with van der Waals surface area (Å²) in [5.41, 5.74) is -0.940. The monoisotopic (exact) mass is 456 g/mol. The van der Waals surface area contributed by atoms with E-state index in [1.165, 1.54) is 29.3 Å². The van der Waals surface area contributed by atoms with Gasteiger partial charge in [-0.1, -0.05) is 19.1 Å². The lowest BCUT2D eigenvalue weighted by atomic mass is 10.1. The summed E-state index contributed by atoms with van der Waals surface area (Å²) in [6, 6.07) is 8.04. The number of halogens is 3. The van der Waals surface area contributed by atoms with E-state index < -0.39 is 27.7 Å². The zero-order valence-electron chi connectivity index (χ0n) is 16.9. The first kappa shape index (κ1) is 22.9. The summed E-state index contributed by atoms with van der Waals surface area (Å²) in [5, 5.41) is 0. The maximum Gasteiger partial charge on any atom is 0.417 e. The smallest absolute Gasteiger partial charge is 0.353 e. The third kappa shape index (κ3) is 5.66. The maximum atomic E-state index is 13.2.